The highest BCUT2D eigenvalue weighted by Crippen LogP contribution is 2.37. The predicted molar refractivity (Wildman–Crippen MR) is 118 cm³/mol. The molecule has 4 rings (SSSR count). The molecule has 0 amide bonds. The maximum atomic E-state index is 12.1. The minimum Gasteiger partial charge on any atom is -0.468 e. The number of hydrogen-bond donors (Lipinski definition) is 0. The van der Waals surface area contributed by atoms with Crippen LogP contribution in [0.15, 0.2) is 18.2 Å². The first-order chi connectivity index (χ1) is 14.6. The van der Waals surface area contributed by atoms with Gasteiger partial charge in [-0.3, -0.25) is 9.69 Å². The molecule has 8 nitrogen and oxygen atoms in total. The van der Waals surface area contributed by atoms with Crippen LogP contribution < -0.4 is 5.46 Å². The van der Waals surface area contributed by atoms with Gasteiger partial charge >= 0.3 is 13.1 Å². The van der Waals surface area contributed by atoms with Crippen molar-refractivity contribution in [1.82, 2.24) is 14.5 Å². The molecule has 2 fully saturated rings. The number of benzene rings is 1. The molecular formula is C22H32BN3O5. The Morgan fingerprint density at radius 3 is 2.65 bits per heavy atom. The fourth-order valence-corrected chi connectivity index (χ4v) is 4.23. The highest BCUT2D eigenvalue weighted by atomic mass is 16.7. The van der Waals surface area contributed by atoms with E-state index in [2.05, 4.69) is 37.2 Å². The Labute approximate surface area is 183 Å². The van der Waals surface area contributed by atoms with Crippen molar-refractivity contribution in [2.75, 3.05) is 33.4 Å². The molecule has 2 aromatic rings. The van der Waals surface area contributed by atoms with E-state index in [0.29, 0.717) is 32.7 Å². The fraction of sp³-hybridized carbons (Fsp3) is 0.636. The molecule has 1 aromatic heterocycles. The van der Waals surface area contributed by atoms with Crippen LogP contribution in [0, 0.1) is 0 Å². The molecule has 0 unspecified atom stereocenters. The van der Waals surface area contributed by atoms with E-state index in [1.807, 2.05) is 25.2 Å². The molecule has 1 aromatic carbocycles. The van der Waals surface area contributed by atoms with Gasteiger partial charge in [-0.05, 0) is 33.8 Å². The number of esters is 1. The summed E-state index contributed by atoms with van der Waals surface area (Å²) in [4.78, 5) is 19.1. The van der Waals surface area contributed by atoms with E-state index in [0.717, 1.165) is 22.3 Å². The van der Waals surface area contributed by atoms with Crippen molar-refractivity contribution in [3.63, 3.8) is 0 Å². The van der Waals surface area contributed by atoms with E-state index >= 15 is 0 Å². The maximum Gasteiger partial charge on any atom is 0.497 e. The number of ether oxygens (including phenoxy) is 2. The van der Waals surface area contributed by atoms with Gasteiger partial charge in [0.15, 0.2) is 0 Å². The number of aryl methyl sites for hydroxylation is 1. The lowest BCUT2D eigenvalue weighted by Crippen LogP contribution is -2.51. The van der Waals surface area contributed by atoms with E-state index in [-0.39, 0.29) is 12.0 Å². The number of hydrogen-bond acceptors (Lipinski definition) is 7. The molecular weight excluding hydrogens is 397 g/mol. The number of morpholine rings is 1. The van der Waals surface area contributed by atoms with Crippen molar-refractivity contribution in [1.29, 1.82) is 0 Å². The predicted octanol–water partition coefficient (Wildman–Crippen LogP) is 1.29. The van der Waals surface area contributed by atoms with Crippen molar-refractivity contribution in [3.05, 3.63) is 24.0 Å². The summed E-state index contributed by atoms with van der Waals surface area (Å²) in [5.74, 6) is 0.696. The Balaban J connectivity index is 1.58. The van der Waals surface area contributed by atoms with Crippen LogP contribution >= 0.6 is 0 Å². The molecule has 168 valence electrons. The molecule has 0 N–H and O–H groups in total. The third-order valence-electron chi connectivity index (χ3n) is 6.86. The van der Waals surface area contributed by atoms with Gasteiger partial charge in [0.25, 0.3) is 0 Å². The summed E-state index contributed by atoms with van der Waals surface area (Å²) < 4.78 is 25.1. The molecule has 0 spiro atoms. The van der Waals surface area contributed by atoms with Gasteiger partial charge in [0.1, 0.15) is 11.9 Å². The monoisotopic (exact) mass is 429 g/mol. The van der Waals surface area contributed by atoms with Crippen LogP contribution in [-0.2, 0) is 37.0 Å². The van der Waals surface area contributed by atoms with E-state index in [4.69, 9.17) is 23.8 Å². The number of carbonyl (C=O) groups excluding carboxylic acids is 1. The minimum absolute atomic E-state index is 0.257. The Kier molecular flexibility index (Phi) is 5.89. The van der Waals surface area contributed by atoms with Crippen molar-refractivity contribution in [2.45, 2.75) is 51.4 Å². The molecule has 0 radical (unpaired) electrons. The molecule has 1 atom stereocenters. The fourth-order valence-electron chi connectivity index (χ4n) is 4.23. The van der Waals surface area contributed by atoms with Crippen LogP contribution in [0.2, 0.25) is 0 Å². The second kappa shape index (κ2) is 8.20. The quantitative estimate of drug-likeness (QED) is 0.524. The summed E-state index contributed by atoms with van der Waals surface area (Å²) in [6, 6.07) is 5.69. The zero-order valence-electron chi connectivity index (χ0n) is 19.3. The third kappa shape index (κ3) is 4.00. The summed E-state index contributed by atoms with van der Waals surface area (Å²) in [5, 5.41) is 0. The number of nitrogens with zero attached hydrogens (tertiary/aromatic N) is 3. The van der Waals surface area contributed by atoms with Crippen molar-refractivity contribution in [3.8, 4) is 0 Å². The minimum atomic E-state index is -0.445. The summed E-state index contributed by atoms with van der Waals surface area (Å²) in [7, 11) is 2.99. The van der Waals surface area contributed by atoms with Gasteiger partial charge in [-0.25, -0.2) is 4.98 Å². The first kappa shape index (κ1) is 22.3. The van der Waals surface area contributed by atoms with Gasteiger partial charge in [0.2, 0.25) is 0 Å². The summed E-state index contributed by atoms with van der Waals surface area (Å²) in [6.07, 6.45) is 0.710. The first-order valence-electron chi connectivity index (χ1n) is 10.8. The Hall–Kier alpha value is -1.94. The zero-order chi connectivity index (χ0) is 22.4. The van der Waals surface area contributed by atoms with Gasteiger partial charge in [-0.1, -0.05) is 12.1 Å². The normalized spacial score (nSPS) is 23.4. The summed E-state index contributed by atoms with van der Waals surface area (Å²) >= 11 is 0. The molecule has 0 aliphatic carbocycles. The third-order valence-corrected chi connectivity index (χ3v) is 6.86. The van der Waals surface area contributed by atoms with Crippen LogP contribution in [0.5, 0.6) is 0 Å². The molecule has 2 saturated heterocycles. The van der Waals surface area contributed by atoms with E-state index in [1.165, 1.54) is 7.11 Å². The highest BCUT2D eigenvalue weighted by Gasteiger charge is 2.52. The van der Waals surface area contributed by atoms with Gasteiger partial charge < -0.3 is 23.3 Å². The summed E-state index contributed by atoms with van der Waals surface area (Å²) in [6.45, 7) is 10.6. The van der Waals surface area contributed by atoms with Crippen molar-refractivity contribution >= 4 is 29.6 Å². The topological polar surface area (TPSA) is 75.1 Å². The first-order valence-corrected chi connectivity index (χ1v) is 10.8. The highest BCUT2D eigenvalue weighted by molar-refractivity contribution is 6.64. The van der Waals surface area contributed by atoms with Crippen LogP contribution in [0.4, 0.5) is 0 Å². The van der Waals surface area contributed by atoms with Crippen molar-refractivity contribution < 1.29 is 23.6 Å². The lowest BCUT2D eigenvalue weighted by atomic mass is 9.78. The van der Waals surface area contributed by atoms with E-state index in [9.17, 15) is 4.79 Å². The Bertz CT molecular complexity index is 957. The van der Waals surface area contributed by atoms with Crippen LogP contribution in [0.3, 0.4) is 0 Å². The zero-order valence-corrected chi connectivity index (χ0v) is 19.3. The SMILES string of the molecule is COC(=O)[C@@H]1COCCN1CCc1nc2cccc(B3OC(C)(C)C(C)(C)O3)c2n1C. The number of carbonyl (C=O) groups is 1. The molecule has 0 saturated carbocycles. The molecule has 9 heteroatoms. The lowest BCUT2D eigenvalue weighted by molar-refractivity contribution is -0.153. The number of fused-ring (bicyclic) bond motifs is 1. The second-order valence-electron chi connectivity index (χ2n) is 9.29. The lowest BCUT2D eigenvalue weighted by Gasteiger charge is -2.33. The standard InChI is InChI=1S/C22H32BN3O5/c1-21(2)22(3,4)31-23(30-21)15-8-7-9-16-19(15)25(5)18(24-16)10-11-26-12-13-29-14-17(26)20(27)28-6/h7-9,17H,10-14H2,1-6H3/t17-/m0/s1. The number of rotatable bonds is 5. The molecule has 3 heterocycles. The van der Waals surface area contributed by atoms with Gasteiger partial charge in [0.05, 0.1) is 42.6 Å². The average molecular weight is 429 g/mol. The van der Waals surface area contributed by atoms with E-state index in [1.54, 1.807) is 0 Å². The summed E-state index contributed by atoms with van der Waals surface area (Å²) in [5.41, 5.74) is 2.11. The van der Waals surface area contributed by atoms with Crippen LogP contribution in [0.1, 0.15) is 33.5 Å². The number of para-hydroxylation sites is 1. The number of imidazole rings is 1. The smallest absolute Gasteiger partial charge is 0.468 e. The maximum absolute atomic E-state index is 12.1. The van der Waals surface area contributed by atoms with E-state index < -0.39 is 18.3 Å². The van der Waals surface area contributed by atoms with Crippen LogP contribution in [-0.4, -0.2) is 78.2 Å². The van der Waals surface area contributed by atoms with Crippen molar-refractivity contribution in [2.24, 2.45) is 7.05 Å². The Morgan fingerprint density at radius 2 is 1.97 bits per heavy atom. The Morgan fingerprint density at radius 1 is 1.26 bits per heavy atom. The number of methoxy groups -OCH3 is 1. The van der Waals surface area contributed by atoms with Gasteiger partial charge in [0, 0.05) is 32.0 Å². The second-order valence-corrected chi connectivity index (χ2v) is 9.29. The van der Waals surface area contributed by atoms with Crippen LogP contribution in [0.25, 0.3) is 11.0 Å². The van der Waals surface area contributed by atoms with Gasteiger partial charge in [-0.15, -0.1) is 0 Å². The molecule has 2 aliphatic rings. The molecule has 0 bridgehead atoms. The van der Waals surface area contributed by atoms with Gasteiger partial charge in [-0.2, -0.15) is 0 Å². The molecule has 2 aliphatic heterocycles. The largest absolute Gasteiger partial charge is 0.497 e. The molecule has 31 heavy (non-hydrogen) atoms. The number of aromatic nitrogens is 2. The average Bonchev–Trinajstić information content (AvgIpc) is 3.17.